The molecule has 0 aliphatic heterocycles. The van der Waals surface area contributed by atoms with Crippen molar-refractivity contribution in [2.24, 2.45) is 0 Å². The molecule has 92 valence electrons. The molecule has 1 rings (SSSR count). The van der Waals surface area contributed by atoms with Crippen LogP contribution in [-0.2, 0) is 6.42 Å². The quantitative estimate of drug-likeness (QED) is 0.733. The van der Waals surface area contributed by atoms with Gasteiger partial charge in [-0.15, -0.1) is 11.8 Å². The molecule has 1 atom stereocenters. The van der Waals surface area contributed by atoms with E-state index in [0.29, 0.717) is 6.04 Å². The van der Waals surface area contributed by atoms with Gasteiger partial charge in [-0.05, 0) is 37.4 Å². The van der Waals surface area contributed by atoms with Crippen LogP contribution in [0.3, 0.4) is 0 Å². The molecule has 0 spiro atoms. The second-order valence-electron chi connectivity index (χ2n) is 4.19. The lowest BCUT2D eigenvalue weighted by atomic mass is 9.96. The molecule has 0 fully saturated rings. The van der Waals surface area contributed by atoms with Crippen molar-refractivity contribution in [3.63, 3.8) is 0 Å². The van der Waals surface area contributed by atoms with E-state index in [9.17, 15) is 0 Å². The second kappa shape index (κ2) is 7.92. The SMILES string of the molecule is CC#CCC(NCCC)c1ccccc1CC. The number of hydrogen-bond acceptors (Lipinski definition) is 1. The summed E-state index contributed by atoms with van der Waals surface area (Å²) in [6, 6.07) is 9.05. The number of nitrogens with one attached hydrogen (secondary N) is 1. The van der Waals surface area contributed by atoms with Gasteiger partial charge in [-0.25, -0.2) is 0 Å². The second-order valence-corrected chi connectivity index (χ2v) is 4.19. The Morgan fingerprint density at radius 2 is 2.00 bits per heavy atom. The summed E-state index contributed by atoms with van der Waals surface area (Å²) in [7, 11) is 0. The van der Waals surface area contributed by atoms with Crippen molar-refractivity contribution < 1.29 is 0 Å². The van der Waals surface area contributed by atoms with Crippen molar-refractivity contribution in [1.82, 2.24) is 5.32 Å². The lowest BCUT2D eigenvalue weighted by molar-refractivity contribution is 0.539. The molecule has 1 aromatic carbocycles. The molecule has 0 aliphatic rings. The molecule has 0 aromatic heterocycles. The first kappa shape index (κ1) is 13.8. The zero-order valence-electron chi connectivity index (χ0n) is 11.2. The molecule has 1 unspecified atom stereocenters. The van der Waals surface area contributed by atoms with Gasteiger partial charge in [0.2, 0.25) is 0 Å². The Bertz CT molecular complexity index is 384. The van der Waals surface area contributed by atoms with E-state index in [1.54, 1.807) is 0 Å². The molecular formula is C16H23N. The minimum atomic E-state index is 0.374. The van der Waals surface area contributed by atoms with Crippen LogP contribution < -0.4 is 5.32 Å². The maximum absolute atomic E-state index is 3.59. The summed E-state index contributed by atoms with van der Waals surface area (Å²) in [5, 5.41) is 3.59. The van der Waals surface area contributed by atoms with Gasteiger partial charge in [0.1, 0.15) is 0 Å². The molecule has 0 saturated heterocycles. The van der Waals surface area contributed by atoms with E-state index < -0.39 is 0 Å². The van der Waals surface area contributed by atoms with Gasteiger partial charge in [0.25, 0.3) is 0 Å². The van der Waals surface area contributed by atoms with Crippen molar-refractivity contribution in [2.75, 3.05) is 6.54 Å². The van der Waals surface area contributed by atoms with Crippen molar-refractivity contribution in [3.05, 3.63) is 35.4 Å². The molecule has 0 bridgehead atoms. The van der Waals surface area contributed by atoms with Crippen LogP contribution in [0, 0.1) is 11.8 Å². The Labute approximate surface area is 106 Å². The fourth-order valence-corrected chi connectivity index (χ4v) is 2.01. The van der Waals surface area contributed by atoms with Crippen molar-refractivity contribution in [3.8, 4) is 11.8 Å². The van der Waals surface area contributed by atoms with Gasteiger partial charge in [-0.1, -0.05) is 38.1 Å². The van der Waals surface area contributed by atoms with E-state index >= 15 is 0 Å². The summed E-state index contributed by atoms with van der Waals surface area (Å²) < 4.78 is 0. The monoisotopic (exact) mass is 229 g/mol. The molecule has 1 N–H and O–H groups in total. The first-order valence-electron chi connectivity index (χ1n) is 6.54. The zero-order valence-corrected chi connectivity index (χ0v) is 11.2. The standard InChI is InChI=1S/C16H23N/c1-4-7-12-16(17-13-5-2)15-11-9-8-10-14(15)6-3/h8-11,16-17H,5-6,12-13H2,1-3H3. The van der Waals surface area contributed by atoms with Gasteiger partial charge in [0.15, 0.2) is 0 Å². The first-order valence-corrected chi connectivity index (χ1v) is 6.54. The van der Waals surface area contributed by atoms with E-state index in [0.717, 1.165) is 25.8 Å². The highest BCUT2D eigenvalue weighted by Crippen LogP contribution is 2.21. The van der Waals surface area contributed by atoms with E-state index in [2.05, 4.69) is 55.3 Å². The summed E-state index contributed by atoms with van der Waals surface area (Å²) in [5.74, 6) is 6.19. The van der Waals surface area contributed by atoms with Gasteiger partial charge >= 0.3 is 0 Å². The Balaban J connectivity index is 2.88. The lowest BCUT2D eigenvalue weighted by Crippen LogP contribution is -2.22. The molecular weight excluding hydrogens is 206 g/mol. The van der Waals surface area contributed by atoms with Crippen LogP contribution in [0.2, 0.25) is 0 Å². The van der Waals surface area contributed by atoms with Gasteiger partial charge in [-0.3, -0.25) is 0 Å². The minimum Gasteiger partial charge on any atom is -0.309 e. The van der Waals surface area contributed by atoms with Crippen LogP contribution >= 0.6 is 0 Å². The van der Waals surface area contributed by atoms with Crippen LogP contribution in [-0.4, -0.2) is 6.54 Å². The first-order chi connectivity index (χ1) is 8.33. The Hall–Kier alpha value is -1.26. The molecule has 0 amide bonds. The zero-order chi connectivity index (χ0) is 12.5. The number of hydrogen-bond donors (Lipinski definition) is 1. The molecule has 1 nitrogen and oxygen atoms in total. The van der Waals surface area contributed by atoms with Crippen molar-refractivity contribution >= 4 is 0 Å². The summed E-state index contributed by atoms with van der Waals surface area (Å²) >= 11 is 0. The van der Waals surface area contributed by atoms with Crippen LogP contribution in [0.1, 0.15) is 50.8 Å². The summed E-state index contributed by atoms with van der Waals surface area (Å²) in [5.41, 5.74) is 2.84. The summed E-state index contributed by atoms with van der Waals surface area (Å²) in [6.07, 6.45) is 3.14. The van der Waals surface area contributed by atoms with Gasteiger partial charge in [0.05, 0.1) is 0 Å². The topological polar surface area (TPSA) is 12.0 Å². The van der Waals surface area contributed by atoms with Crippen LogP contribution in [0.15, 0.2) is 24.3 Å². The molecule has 0 saturated carbocycles. The van der Waals surface area contributed by atoms with E-state index in [1.165, 1.54) is 11.1 Å². The molecule has 1 heteroatoms. The molecule has 17 heavy (non-hydrogen) atoms. The van der Waals surface area contributed by atoms with E-state index in [1.807, 2.05) is 6.92 Å². The highest BCUT2D eigenvalue weighted by Gasteiger charge is 2.12. The largest absolute Gasteiger partial charge is 0.309 e. The highest BCUT2D eigenvalue weighted by molar-refractivity contribution is 5.31. The average molecular weight is 229 g/mol. The predicted molar refractivity (Wildman–Crippen MR) is 74.9 cm³/mol. The molecule has 0 aliphatic carbocycles. The fourth-order valence-electron chi connectivity index (χ4n) is 2.01. The Kier molecular flexibility index (Phi) is 6.43. The number of rotatable bonds is 6. The third-order valence-corrected chi connectivity index (χ3v) is 2.94. The van der Waals surface area contributed by atoms with Gasteiger partial charge in [0, 0.05) is 12.5 Å². The maximum Gasteiger partial charge on any atom is 0.0433 e. The summed E-state index contributed by atoms with van der Waals surface area (Å²) in [6.45, 7) is 7.36. The smallest absolute Gasteiger partial charge is 0.0433 e. The van der Waals surface area contributed by atoms with Gasteiger partial charge < -0.3 is 5.32 Å². The maximum atomic E-state index is 3.59. The highest BCUT2D eigenvalue weighted by atomic mass is 14.9. The molecule has 0 radical (unpaired) electrons. The predicted octanol–water partition coefficient (Wildman–Crippen LogP) is 3.70. The van der Waals surface area contributed by atoms with Crippen LogP contribution in [0.4, 0.5) is 0 Å². The molecule has 1 aromatic rings. The molecule has 0 heterocycles. The number of aryl methyl sites for hydroxylation is 1. The lowest BCUT2D eigenvalue weighted by Gasteiger charge is -2.19. The van der Waals surface area contributed by atoms with Crippen LogP contribution in [0.5, 0.6) is 0 Å². The third-order valence-electron chi connectivity index (χ3n) is 2.94. The summed E-state index contributed by atoms with van der Waals surface area (Å²) in [4.78, 5) is 0. The Morgan fingerprint density at radius 3 is 2.65 bits per heavy atom. The number of benzene rings is 1. The van der Waals surface area contributed by atoms with Gasteiger partial charge in [-0.2, -0.15) is 0 Å². The average Bonchev–Trinajstić information content (AvgIpc) is 2.39. The van der Waals surface area contributed by atoms with Crippen molar-refractivity contribution in [1.29, 1.82) is 0 Å². The van der Waals surface area contributed by atoms with Crippen molar-refractivity contribution in [2.45, 2.75) is 46.1 Å². The Morgan fingerprint density at radius 1 is 1.24 bits per heavy atom. The van der Waals surface area contributed by atoms with E-state index in [-0.39, 0.29) is 0 Å². The van der Waals surface area contributed by atoms with Crippen LogP contribution in [0.25, 0.3) is 0 Å². The fraction of sp³-hybridized carbons (Fsp3) is 0.500. The third kappa shape index (κ3) is 4.24. The minimum absolute atomic E-state index is 0.374. The normalized spacial score (nSPS) is 11.7. The van der Waals surface area contributed by atoms with E-state index in [4.69, 9.17) is 0 Å².